The number of nitrogens with two attached hydrogens (primary N) is 1. The van der Waals surface area contributed by atoms with Crippen molar-refractivity contribution in [3.05, 3.63) is 27.3 Å². The van der Waals surface area contributed by atoms with Crippen LogP contribution in [0.15, 0.2) is 18.2 Å². The summed E-state index contributed by atoms with van der Waals surface area (Å²) in [5.74, 6) is 5.78. The summed E-state index contributed by atoms with van der Waals surface area (Å²) in [4.78, 5) is 4.53. The molecule has 1 aromatic carbocycles. The van der Waals surface area contributed by atoms with Gasteiger partial charge in [0.15, 0.2) is 0 Å². The molecule has 0 heterocycles. The van der Waals surface area contributed by atoms with Gasteiger partial charge in [-0.1, -0.05) is 6.07 Å². The van der Waals surface area contributed by atoms with Crippen LogP contribution in [0.3, 0.4) is 0 Å². The van der Waals surface area contributed by atoms with Crippen LogP contribution in [-0.4, -0.2) is 7.11 Å². The Morgan fingerprint density at radius 3 is 2.83 bits per heavy atom. The molecule has 0 saturated heterocycles. The van der Waals surface area contributed by atoms with Gasteiger partial charge in [0.2, 0.25) is 0 Å². The first-order chi connectivity index (χ1) is 5.77. The molecule has 0 aliphatic heterocycles. The normalized spacial score (nSPS) is 9.92. The second-order valence-electron chi connectivity index (χ2n) is 2.27. The summed E-state index contributed by atoms with van der Waals surface area (Å²) in [5, 5.41) is 0. The number of ether oxygens (including phenoxy) is 1. The van der Waals surface area contributed by atoms with Crippen molar-refractivity contribution in [3.8, 4) is 5.75 Å². The number of rotatable bonds is 3. The molecule has 0 unspecified atom stereocenters. The highest BCUT2D eigenvalue weighted by Gasteiger charge is 2.02. The largest absolute Gasteiger partial charge is 0.496 e. The fraction of sp³-hybridized carbons (Fsp3) is 0.250. The highest BCUT2D eigenvalue weighted by molar-refractivity contribution is 14.1. The molecule has 0 radical (unpaired) electrons. The minimum Gasteiger partial charge on any atom is -0.496 e. The van der Waals surface area contributed by atoms with Crippen LogP contribution >= 0.6 is 22.6 Å². The lowest BCUT2D eigenvalue weighted by molar-refractivity contribution is 0.122. The van der Waals surface area contributed by atoms with Crippen LogP contribution in [0.25, 0.3) is 0 Å². The van der Waals surface area contributed by atoms with Crippen LogP contribution in [0.1, 0.15) is 5.56 Å². The SMILES string of the molecule is COc1cc(I)ccc1CON. The summed E-state index contributed by atoms with van der Waals surface area (Å²) in [6.07, 6.45) is 0. The van der Waals surface area contributed by atoms with E-state index in [9.17, 15) is 0 Å². The van der Waals surface area contributed by atoms with Crippen molar-refractivity contribution < 1.29 is 9.57 Å². The molecule has 1 aromatic rings. The summed E-state index contributed by atoms with van der Waals surface area (Å²) in [6, 6.07) is 5.86. The predicted octanol–water partition coefficient (Wildman–Crippen LogP) is 1.69. The van der Waals surface area contributed by atoms with E-state index in [0.717, 1.165) is 14.9 Å². The quantitative estimate of drug-likeness (QED) is 0.676. The van der Waals surface area contributed by atoms with Gasteiger partial charge >= 0.3 is 0 Å². The molecule has 0 aliphatic rings. The van der Waals surface area contributed by atoms with Gasteiger partial charge < -0.3 is 4.74 Å². The fourth-order valence-electron chi connectivity index (χ4n) is 0.927. The third-order valence-electron chi connectivity index (χ3n) is 1.49. The molecule has 0 fully saturated rings. The lowest BCUT2D eigenvalue weighted by Crippen LogP contribution is -2.01. The fourth-order valence-corrected chi connectivity index (χ4v) is 1.39. The summed E-state index contributed by atoms with van der Waals surface area (Å²) >= 11 is 2.22. The van der Waals surface area contributed by atoms with Gasteiger partial charge in [-0.25, -0.2) is 5.90 Å². The molecule has 0 atom stereocenters. The smallest absolute Gasteiger partial charge is 0.125 e. The average Bonchev–Trinajstić information content (AvgIpc) is 2.08. The van der Waals surface area contributed by atoms with Crippen molar-refractivity contribution >= 4 is 22.6 Å². The predicted molar refractivity (Wildman–Crippen MR) is 54.7 cm³/mol. The van der Waals surface area contributed by atoms with Crippen LogP contribution in [0.2, 0.25) is 0 Å². The Balaban J connectivity index is 2.94. The Bertz CT molecular complexity index is 265. The minimum absolute atomic E-state index is 0.375. The van der Waals surface area contributed by atoms with E-state index >= 15 is 0 Å². The summed E-state index contributed by atoms with van der Waals surface area (Å²) < 4.78 is 6.27. The highest BCUT2D eigenvalue weighted by Crippen LogP contribution is 2.21. The zero-order valence-corrected chi connectivity index (χ0v) is 8.87. The summed E-state index contributed by atoms with van der Waals surface area (Å²) in [7, 11) is 1.63. The number of benzene rings is 1. The van der Waals surface area contributed by atoms with Gasteiger partial charge in [-0.3, -0.25) is 4.84 Å². The molecule has 0 amide bonds. The number of hydrogen-bond donors (Lipinski definition) is 1. The Labute approximate surface area is 84.9 Å². The van der Waals surface area contributed by atoms with E-state index in [1.54, 1.807) is 7.11 Å². The standard InChI is InChI=1S/C8H10INO2/c1-11-8-4-7(9)3-2-6(8)5-12-10/h2-4H,5,10H2,1H3. The van der Waals surface area contributed by atoms with Crippen molar-refractivity contribution in [2.45, 2.75) is 6.61 Å². The third-order valence-corrected chi connectivity index (χ3v) is 2.16. The molecule has 12 heavy (non-hydrogen) atoms. The van der Waals surface area contributed by atoms with Crippen LogP contribution in [0.5, 0.6) is 5.75 Å². The molecule has 66 valence electrons. The Kier molecular flexibility index (Phi) is 3.77. The van der Waals surface area contributed by atoms with Crippen LogP contribution < -0.4 is 10.6 Å². The second kappa shape index (κ2) is 4.64. The Hall–Kier alpha value is -0.330. The summed E-state index contributed by atoms with van der Waals surface area (Å²) in [5.41, 5.74) is 0.959. The topological polar surface area (TPSA) is 44.5 Å². The molecule has 0 aromatic heterocycles. The number of hydrogen-bond acceptors (Lipinski definition) is 3. The van der Waals surface area contributed by atoms with Gasteiger partial charge in [-0.15, -0.1) is 0 Å². The first-order valence-electron chi connectivity index (χ1n) is 3.42. The van der Waals surface area contributed by atoms with Gasteiger partial charge in [0.25, 0.3) is 0 Å². The average molecular weight is 279 g/mol. The molecule has 0 bridgehead atoms. The maximum Gasteiger partial charge on any atom is 0.125 e. The molecule has 1 rings (SSSR count). The van der Waals surface area contributed by atoms with E-state index in [1.807, 2.05) is 18.2 Å². The molecule has 0 saturated carbocycles. The molecule has 2 N–H and O–H groups in total. The number of methoxy groups -OCH3 is 1. The van der Waals surface area contributed by atoms with Crippen molar-refractivity contribution in [2.75, 3.05) is 7.11 Å². The van der Waals surface area contributed by atoms with Crippen molar-refractivity contribution in [1.82, 2.24) is 0 Å². The van der Waals surface area contributed by atoms with E-state index < -0.39 is 0 Å². The molecule has 0 aliphatic carbocycles. The summed E-state index contributed by atoms with van der Waals surface area (Å²) in [6.45, 7) is 0.375. The third kappa shape index (κ3) is 2.33. The van der Waals surface area contributed by atoms with Crippen LogP contribution in [-0.2, 0) is 11.4 Å². The van der Waals surface area contributed by atoms with Crippen molar-refractivity contribution in [1.29, 1.82) is 0 Å². The molecular weight excluding hydrogens is 269 g/mol. The Morgan fingerprint density at radius 1 is 1.50 bits per heavy atom. The zero-order valence-electron chi connectivity index (χ0n) is 6.71. The van der Waals surface area contributed by atoms with Gasteiger partial charge in [0.05, 0.1) is 13.7 Å². The Morgan fingerprint density at radius 2 is 2.25 bits per heavy atom. The van der Waals surface area contributed by atoms with E-state index in [0.29, 0.717) is 6.61 Å². The molecule has 4 heteroatoms. The first kappa shape index (κ1) is 9.76. The van der Waals surface area contributed by atoms with E-state index in [2.05, 4.69) is 27.4 Å². The van der Waals surface area contributed by atoms with Crippen molar-refractivity contribution in [2.24, 2.45) is 5.90 Å². The monoisotopic (exact) mass is 279 g/mol. The van der Waals surface area contributed by atoms with Gasteiger partial charge in [-0.2, -0.15) is 0 Å². The van der Waals surface area contributed by atoms with E-state index in [1.165, 1.54) is 0 Å². The zero-order chi connectivity index (χ0) is 8.97. The maximum absolute atomic E-state index is 5.14. The maximum atomic E-state index is 5.14. The highest BCUT2D eigenvalue weighted by atomic mass is 127. The number of halogens is 1. The van der Waals surface area contributed by atoms with Crippen LogP contribution in [0, 0.1) is 3.57 Å². The van der Waals surface area contributed by atoms with Crippen LogP contribution in [0.4, 0.5) is 0 Å². The van der Waals surface area contributed by atoms with Gasteiger partial charge in [0.1, 0.15) is 5.75 Å². The minimum atomic E-state index is 0.375. The van der Waals surface area contributed by atoms with Crippen molar-refractivity contribution in [3.63, 3.8) is 0 Å². The van der Waals surface area contributed by atoms with E-state index in [4.69, 9.17) is 10.6 Å². The molecule has 0 spiro atoms. The first-order valence-corrected chi connectivity index (χ1v) is 4.50. The lowest BCUT2D eigenvalue weighted by atomic mass is 10.2. The van der Waals surface area contributed by atoms with Gasteiger partial charge in [0, 0.05) is 9.13 Å². The molecule has 3 nitrogen and oxygen atoms in total. The second-order valence-corrected chi connectivity index (χ2v) is 3.51. The van der Waals surface area contributed by atoms with Gasteiger partial charge in [-0.05, 0) is 34.7 Å². The van der Waals surface area contributed by atoms with E-state index in [-0.39, 0.29) is 0 Å². The molecular formula is C8H10INO2. The lowest BCUT2D eigenvalue weighted by Gasteiger charge is -2.06.